The fourth-order valence-electron chi connectivity index (χ4n) is 2.96. The summed E-state index contributed by atoms with van der Waals surface area (Å²) in [7, 11) is 1.86. The van der Waals surface area contributed by atoms with Crippen molar-refractivity contribution in [3.8, 4) is 5.75 Å². The van der Waals surface area contributed by atoms with Crippen LogP contribution in [0.2, 0.25) is 0 Å². The first-order chi connectivity index (χ1) is 9.57. The summed E-state index contributed by atoms with van der Waals surface area (Å²) in [5.74, 6) is 0.476. The van der Waals surface area contributed by atoms with E-state index in [1.165, 1.54) is 0 Å². The zero-order valence-electron chi connectivity index (χ0n) is 12.4. The number of hydrogen-bond acceptors (Lipinski definition) is 3. The van der Waals surface area contributed by atoms with Gasteiger partial charge in [-0.3, -0.25) is 4.79 Å². The highest BCUT2D eigenvalue weighted by atomic mass is 16.3. The van der Waals surface area contributed by atoms with E-state index in [2.05, 4.69) is 12.2 Å². The van der Waals surface area contributed by atoms with Crippen molar-refractivity contribution in [1.82, 2.24) is 10.2 Å². The van der Waals surface area contributed by atoms with E-state index < -0.39 is 0 Å². The summed E-state index contributed by atoms with van der Waals surface area (Å²) in [6, 6.07) is 7.03. The van der Waals surface area contributed by atoms with E-state index in [0.29, 0.717) is 6.54 Å². The molecule has 0 aliphatic carbocycles. The van der Waals surface area contributed by atoms with Gasteiger partial charge in [0.2, 0.25) is 5.91 Å². The van der Waals surface area contributed by atoms with Crippen LogP contribution in [0.4, 0.5) is 0 Å². The number of aromatic hydroxyl groups is 1. The molecule has 1 fully saturated rings. The third kappa shape index (κ3) is 3.12. The van der Waals surface area contributed by atoms with Gasteiger partial charge in [0.25, 0.3) is 0 Å². The minimum Gasteiger partial charge on any atom is -0.508 e. The molecule has 1 atom stereocenters. The van der Waals surface area contributed by atoms with Crippen molar-refractivity contribution in [3.63, 3.8) is 0 Å². The number of carbonyl (C=O) groups excluding carboxylic acids is 1. The van der Waals surface area contributed by atoms with Crippen molar-refractivity contribution in [1.29, 1.82) is 0 Å². The number of nitrogens with one attached hydrogen (secondary N) is 1. The van der Waals surface area contributed by atoms with E-state index in [0.717, 1.165) is 37.9 Å². The SMILES string of the molecule is CCC1(C(=O)N(C)Cc2ccc(O)cc2)CCCNC1. The number of nitrogens with zero attached hydrogens (tertiary/aromatic N) is 1. The Morgan fingerprint density at radius 3 is 2.65 bits per heavy atom. The van der Waals surface area contributed by atoms with Gasteiger partial charge in [-0.25, -0.2) is 0 Å². The second-order valence-electron chi connectivity index (χ2n) is 5.74. The van der Waals surface area contributed by atoms with Gasteiger partial charge in [0.15, 0.2) is 0 Å². The molecule has 1 heterocycles. The van der Waals surface area contributed by atoms with Gasteiger partial charge >= 0.3 is 0 Å². The van der Waals surface area contributed by atoms with Crippen LogP contribution in [-0.4, -0.2) is 36.1 Å². The molecule has 1 aliphatic heterocycles. The van der Waals surface area contributed by atoms with Crippen LogP contribution in [-0.2, 0) is 11.3 Å². The van der Waals surface area contributed by atoms with Crippen LogP contribution in [0.5, 0.6) is 5.75 Å². The normalized spacial score (nSPS) is 22.5. The lowest BCUT2D eigenvalue weighted by atomic mass is 9.77. The van der Waals surface area contributed by atoms with Crippen molar-refractivity contribution in [2.75, 3.05) is 20.1 Å². The third-order valence-electron chi connectivity index (χ3n) is 4.31. The van der Waals surface area contributed by atoms with Gasteiger partial charge in [0.1, 0.15) is 5.75 Å². The molecular formula is C16H24N2O2. The first kappa shape index (κ1) is 14.9. The first-order valence-corrected chi connectivity index (χ1v) is 7.31. The smallest absolute Gasteiger partial charge is 0.230 e. The minimum absolute atomic E-state index is 0.222. The Balaban J connectivity index is 2.05. The fourth-order valence-corrected chi connectivity index (χ4v) is 2.96. The van der Waals surface area contributed by atoms with Crippen LogP contribution in [0.15, 0.2) is 24.3 Å². The standard InChI is InChI=1S/C16H24N2O2/c1-3-16(9-4-10-17-12-16)15(20)18(2)11-13-5-7-14(19)8-6-13/h5-8,17,19H,3-4,9-12H2,1-2H3. The maximum Gasteiger partial charge on any atom is 0.230 e. The third-order valence-corrected chi connectivity index (χ3v) is 4.31. The Morgan fingerprint density at radius 2 is 2.10 bits per heavy atom. The predicted molar refractivity (Wildman–Crippen MR) is 79.4 cm³/mol. The highest BCUT2D eigenvalue weighted by Gasteiger charge is 2.39. The Hall–Kier alpha value is -1.55. The molecule has 2 rings (SSSR count). The molecule has 1 saturated heterocycles. The first-order valence-electron chi connectivity index (χ1n) is 7.31. The predicted octanol–water partition coefficient (Wildman–Crippen LogP) is 2.13. The van der Waals surface area contributed by atoms with Gasteiger partial charge in [-0.2, -0.15) is 0 Å². The Kier molecular flexibility index (Phi) is 4.65. The summed E-state index contributed by atoms with van der Waals surface area (Å²) in [4.78, 5) is 14.6. The van der Waals surface area contributed by atoms with E-state index in [1.54, 1.807) is 12.1 Å². The Morgan fingerprint density at radius 1 is 1.40 bits per heavy atom. The summed E-state index contributed by atoms with van der Waals surface area (Å²) in [6.45, 7) is 4.47. The number of amides is 1. The molecule has 1 aromatic carbocycles. The lowest BCUT2D eigenvalue weighted by molar-refractivity contribution is -0.142. The van der Waals surface area contributed by atoms with Gasteiger partial charge in [-0.05, 0) is 43.5 Å². The van der Waals surface area contributed by atoms with Crippen LogP contribution in [0.3, 0.4) is 0 Å². The number of carbonyl (C=O) groups is 1. The van der Waals surface area contributed by atoms with E-state index in [-0.39, 0.29) is 17.1 Å². The van der Waals surface area contributed by atoms with Gasteiger partial charge in [-0.1, -0.05) is 19.1 Å². The minimum atomic E-state index is -0.246. The largest absolute Gasteiger partial charge is 0.508 e. The molecule has 20 heavy (non-hydrogen) atoms. The van der Waals surface area contributed by atoms with Gasteiger partial charge in [0.05, 0.1) is 5.41 Å². The molecule has 0 saturated carbocycles. The molecule has 1 aromatic rings. The zero-order chi connectivity index (χ0) is 14.6. The van der Waals surface area contributed by atoms with Crippen LogP contribution in [0, 0.1) is 5.41 Å². The van der Waals surface area contributed by atoms with E-state index >= 15 is 0 Å². The van der Waals surface area contributed by atoms with Crippen molar-refractivity contribution in [3.05, 3.63) is 29.8 Å². The second kappa shape index (κ2) is 6.27. The fraction of sp³-hybridized carbons (Fsp3) is 0.562. The number of phenols is 1. The number of rotatable bonds is 4. The Labute approximate surface area is 120 Å². The second-order valence-corrected chi connectivity index (χ2v) is 5.74. The van der Waals surface area contributed by atoms with Crippen molar-refractivity contribution in [2.45, 2.75) is 32.7 Å². The molecule has 4 heteroatoms. The monoisotopic (exact) mass is 276 g/mol. The van der Waals surface area contributed by atoms with Gasteiger partial charge < -0.3 is 15.3 Å². The van der Waals surface area contributed by atoms with Crippen LogP contribution in [0.25, 0.3) is 0 Å². The summed E-state index contributed by atoms with van der Waals surface area (Å²) in [5, 5.41) is 12.6. The van der Waals surface area contributed by atoms with Crippen LogP contribution in [0.1, 0.15) is 31.7 Å². The number of phenolic OH excluding ortho intramolecular Hbond substituents is 1. The number of hydrogen-bond donors (Lipinski definition) is 2. The van der Waals surface area contributed by atoms with Crippen LogP contribution < -0.4 is 5.32 Å². The topological polar surface area (TPSA) is 52.6 Å². The molecule has 1 unspecified atom stereocenters. The molecule has 4 nitrogen and oxygen atoms in total. The van der Waals surface area contributed by atoms with Gasteiger partial charge in [-0.15, -0.1) is 0 Å². The lowest BCUT2D eigenvalue weighted by Gasteiger charge is -2.38. The maximum absolute atomic E-state index is 12.8. The molecule has 0 spiro atoms. The molecule has 1 aliphatic rings. The van der Waals surface area contributed by atoms with Crippen molar-refractivity contribution < 1.29 is 9.90 Å². The maximum atomic E-state index is 12.8. The molecule has 2 N–H and O–H groups in total. The average molecular weight is 276 g/mol. The van der Waals surface area contributed by atoms with Crippen molar-refractivity contribution in [2.24, 2.45) is 5.41 Å². The number of piperidine rings is 1. The van der Waals surface area contributed by atoms with Crippen molar-refractivity contribution >= 4 is 5.91 Å². The van der Waals surface area contributed by atoms with Gasteiger partial charge in [0, 0.05) is 20.1 Å². The molecule has 0 bridgehead atoms. The highest BCUT2D eigenvalue weighted by molar-refractivity contribution is 5.83. The Bertz CT molecular complexity index is 450. The van der Waals surface area contributed by atoms with E-state index in [4.69, 9.17) is 0 Å². The zero-order valence-corrected chi connectivity index (χ0v) is 12.4. The van der Waals surface area contributed by atoms with E-state index in [9.17, 15) is 9.90 Å². The summed E-state index contributed by atoms with van der Waals surface area (Å²) < 4.78 is 0. The number of benzene rings is 1. The summed E-state index contributed by atoms with van der Waals surface area (Å²) in [5.41, 5.74) is 0.790. The molecule has 0 aromatic heterocycles. The lowest BCUT2D eigenvalue weighted by Crippen LogP contribution is -2.50. The summed E-state index contributed by atoms with van der Waals surface area (Å²) >= 11 is 0. The van der Waals surface area contributed by atoms with Crippen LogP contribution >= 0.6 is 0 Å². The molecule has 0 radical (unpaired) electrons. The molecular weight excluding hydrogens is 252 g/mol. The highest BCUT2D eigenvalue weighted by Crippen LogP contribution is 2.32. The summed E-state index contributed by atoms with van der Waals surface area (Å²) in [6.07, 6.45) is 2.90. The quantitative estimate of drug-likeness (QED) is 0.886. The van der Waals surface area contributed by atoms with E-state index in [1.807, 2.05) is 24.1 Å². The molecule has 110 valence electrons. The average Bonchev–Trinajstić information content (AvgIpc) is 2.49. The molecule has 1 amide bonds.